The standard InChI is InChI=1S/C26H32N2S2/c1-4-5-21-6-10-24(11-7-21)28-20(2)23(19-27-14-16-30-17-15-27)18-26(28)22-8-12-25(29-3)13-9-22/h6-13,18H,4-5,14-17,19H2,1-3H3. The highest BCUT2D eigenvalue weighted by Crippen LogP contribution is 2.32. The molecule has 0 aliphatic carbocycles. The highest BCUT2D eigenvalue weighted by atomic mass is 32.2. The summed E-state index contributed by atoms with van der Waals surface area (Å²) >= 11 is 3.87. The summed E-state index contributed by atoms with van der Waals surface area (Å²) in [5.41, 5.74) is 8.07. The Morgan fingerprint density at radius 3 is 2.30 bits per heavy atom. The molecule has 3 aromatic rings. The van der Waals surface area contributed by atoms with E-state index in [0.29, 0.717) is 0 Å². The lowest BCUT2D eigenvalue weighted by molar-refractivity contribution is 0.294. The molecule has 0 unspecified atom stereocenters. The van der Waals surface area contributed by atoms with Gasteiger partial charge >= 0.3 is 0 Å². The van der Waals surface area contributed by atoms with Crippen molar-refractivity contribution in [1.82, 2.24) is 9.47 Å². The van der Waals surface area contributed by atoms with Crippen molar-refractivity contribution in [2.75, 3.05) is 30.9 Å². The van der Waals surface area contributed by atoms with Crippen LogP contribution in [-0.4, -0.2) is 40.3 Å². The second kappa shape index (κ2) is 10.1. The van der Waals surface area contributed by atoms with Gasteiger partial charge in [-0.1, -0.05) is 37.6 Å². The lowest BCUT2D eigenvalue weighted by Gasteiger charge is -2.26. The molecule has 0 N–H and O–H groups in total. The highest BCUT2D eigenvalue weighted by molar-refractivity contribution is 7.99. The number of hydrogen-bond acceptors (Lipinski definition) is 3. The Labute approximate surface area is 190 Å². The number of hydrogen-bond donors (Lipinski definition) is 0. The molecule has 0 bridgehead atoms. The van der Waals surface area contributed by atoms with Crippen LogP contribution in [0.25, 0.3) is 16.9 Å². The first-order valence-corrected chi connectivity index (χ1v) is 13.3. The van der Waals surface area contributed by atoms with E-state index in [1.165, 1.54) is 69.7 Å². The SMILES string of the molecule is CCCc1ccc(-n2c(-c3ccc(SC)cc3)cc(CN3CCSCC3)c2C)cc1. The number of thioether (sulfide) groups is 2. The van der Waals surface area contributed by atoms with Crippen LogP contribution in [0, 0.1) is 6.92 Å². The normalized spacial score (nSPS) is 14.9. The van der Waals surface area contributed by atoms with E-state index in [1.807, 2.05) is 0 Å². The minimum atomic E-state index is 1.04. The predicted octanol–water partition coefficient (Wildman–Crippen LogP) is 6.68. The van der Waals surface area contributed by atoms with Crippen LogP contribution < -0.4 is 0 Å². The Bertz CT molecular complexity index is 952. The monoisotopic (exact) mass is 436 g/mol. The van der Waals surface area contributed by atoms with Gasteiger partial charge in [-0.3, -0.25) is 4.90 Å². The number of aryl methyl sites for hydroxylation is 1. The van der Waals surface area contributed by atoms with Gasteiger partial charge in [0.15, 0.2) is 0 Å². The summed E-state index contributed by atoms with van der Waals surface area (Å²) in [7, 11) is 0. The van der Waals surface area contributed by atoms with Crippen molar-refractivity contribution in [3.05, 3.63) is 71.4 Å². The molecule has 1 saturated heterocycles. The van der Waals surface area contributed by atoms with Crippen molar-refractivity contribution in [2.24, 2.45) is 0 Å². The van der Waals surface area contributed by atoms with E-state index < -0.39 is 0 Å². The van der Waals surface area contributed by atoms with Crippen LogP contribution in [0.3, 0.4) is 0 Å². The van der Waals surface area contributed by atoms with E-state index in [-0.39, 0.29) is 0 Å². The lowest BCUT2D eigenvalue weighted by atomic mass is 10.1. The number of nitrogens with zero attached hydrogens (tertiary/aromatic N) is 2. The molecule has 0 amide bonds. The summed E-state index contributed by atoms with van der Waals surface area (Å²) < 4.78 is 2.46. The van der Waals surface area contributed by atoms with Gasteiger partial charge in [-0.05, 0) is 66.6 Å². The third-order valence-corrected chi connectivity index (χ3v) is 7.65. The van der Waals surface area contributed by atoms with Crippen molar-refractivity contribution in [3.8, 4) is 16.9 Å². The maximum atomic E-state index is 2.61. The smallest absolute Gasteiger partial charge is 0.0534 e. The molecule has 4 rings (SSSR count). The first-order chi connectivity index (χ1) is 14.7. The van der Waals surface area contributed by atoms with Crippen molar-refractivity contribution >= 4 is 23.5 Å². The van der Waals surface area contributed by atoms with Crippen molar-refractivity contribution < 1.29 is 0 Å². The highest BCUT2D eigenvalue weighted by Gasteiger charge is 2.18. The van der Waals surface area contributed by atoms with Gasteiger partial charge in [0.05, 0.1) is 5.69 Å². The van der Waals surface area contributed by atoms with E-state index in [2.05, 4.69) is 95.9 Å². The van der Waals surface area contributed by atoms with E-state index in [4.69, 9.17) is 0 Å². The van der Waals surface area contributed by atoms with Crippen LogP contribution in [0.2, 0.25) is 0 Å². The van der Waals surface area contributed by atoms with Crippen LogP contribution in [0.4, 0.5) is 0 Å². The van der Waals surface area contributed by atoms with Gasteiger partial charge in [-0.25, -0.2) is 0 Å². The molecule has 1 aliphatic rings. The molecular formula is C26H32N2S2. The quantitative estimate of drug-likeness (QED) is 0.382. The molecule has 1 aromatic heterocycles. The summed E-state index contributed by atoms with van der Waals surface area (Å²) in [5, 5.41) is 0. The van der Waals surface area contributed by atoms with Crippen molar-refractivity contribution in [1.29, 1.82) is 0 Å². The summed E-state index contributed by atoms with van der Waals surface area (Å²) in [4.78, 5) is 3.91. The molecule has 0 atom stereocenters. The van der Waals surface area contributed by atoms with Crippen LogP contribution in [0.1, 0.15) is 30.2 Å². The van der Waals surface area contributed by atoms with Gasteiger partial charge in [0.2, 0.25) is 0 Å². The fraction of sp³-hybridized carbons (Fsp3) is 0.385. The second-order valence-electron chi connectivity index (χ2n) is 8.01. The second-order valence-corrected chi connectivity index (χ2v) is 10.1. The Hall–Kier alpha value is -1.62. The zero-order valence-corrected chi connectivity index (χ0v) is 20.0. The van der Waals surface area contributed by atoms with Crippen molar-refractivity contribution in [3.63, 3.8) is 0 Å². The number of aromatic nitrogens is 1. The predicted molar refractivity (Wildman–Crippen MR) is 134 cm³/mol. The summed E-state index contributed by atoms with van der Waals surface area (Å²) in [6.45, 7) is 7.96. The van der Waals surface area contributed by atoms with Crippen LogP contribution in [0.5, 0.6) is 0 Å². The Morgan fingerprint density at radius 1 is 0.967 bits per heavy atom. The molecule has 2 nitrogen and oxygen atoms in total. The van der Waals surface area contributed by atoms with Crippen LogP contribution in [-0.2, 0) is 13.0 Å². The van der Waals surface area contributed by atoms with Gasteiger partial charge in [0, 0.05) is 47.4 Å². The molecule has 1 aliphatic heterocycles. The van der Waals surface area contributed by atoms with E-state index in [0.717, 1.165) is 13.0 Å². The molecular weight excluding hydrogens is 404 g/mol. The van der Waals surface area contributed by atoms with Crippen LogP contribution in [0.15, 0.2) is 59.5 Å². The molecule has 1 fully saturated rings. The molecule has 2 aromatic carbocycles. The maximum Gasteiger partial charge on any atom is 0.0534 e. The minimum Gasteiger partial charge on any atom is -0.314 e. The Morgan fingerprint density at radius 2 is 1.67 bits per heavy atom. The summed E-state index contributed by atoms with van der Waals surface area (Å²) in [5.74, 6) is 2.50. The zero-order valence-electron chi connectivity index (χ0n) is 18.4. The van der Waals surface area contributed by atoms with E-state index in [1.54, 1.807) is 11.8 Å². The molecule has 158 valence electrons. The largest absolute Gasteiger partial charge is 0.314 e. The number of rotatable bonds is 7. The topological polar surface area (TPSA) is 8.17 Å². The van der Waals surface area contributed by atoms with E-state index in [9.17, 15) is 0 Å². The van der Waals surface area contributed by atoms with Gasteiger partial charge < -0.3 is 4.57 Å². The molecule has 0 spiro atoms. The van der Waals surface area contributed by atoms with Gasteiger partial charge in [-0.15, -0.1) is 11.8 Å². The first-order valence-electron chi connectivity index (χ1n) is 10.9. The molecule has 30 heavy (non-hydrogen) atoms. The fourth-order valence-electron chi connectivity index (χ4n) is 4.23. The molecule has 2 heterocycles. The first kappa shape index (κ1) is 21.6. The summed E-state index contributed by atoms with van der Waals surface area (Å²) in [6, 6.07) is 20.6. The molecule has 0 saturated carbocycles. The minimum absolute atomic E-state index is 1.04. The van der Waals surface area contributed by atoms with Gasteiger partial charge in [-0.2, -0.15) is 11.8 Å². The fourth-order valence-corrected chi connectivity index (χ4v) is 5.61. The summed E-state index contributed by atoms with van der Waals surface area (Å²) in [6.07, 6.45) is 4.47. The van der Waals surface area contributed by atoms with Gasteiger partial charge in [0.1, 0.15) is 0 Å². The zero-order chi connectivity index (χ0) is 20.9. The van der Waals surface area contributed by atoms with E-state index >= 15 is 0 Å². The average molecular weight is 437 g/mol. The Kier molecular flexibility index (Phi) is 7.29. The lowest BCUT2D eigenvalue weighted by Crippen LogP contribution is -2.32. The molecule has 0 radical (unpaired) electrons. The molecule has 4 heteroatoms. The maximum absolute atomic E-state index is 2.61. The average Bonchev–Trinajstić information content (AvgIpc) is 3.11. The Balaban J connectivity index is 1.74. The third-order valence-electron chi connectivity index (χ3n) is 5.97. The van der Waals surface area contributed by atoms with Crippen molar-refractivity contribution in [2.45, 2.75) is 38.1 Å². The van der Waals surface area contributed by atoms with Crippen LogP contribution >= 0.6 is 23.5 Å². The van der Waals surface area contributed by atoms with Gasteiger partial charge in [0.25, 0.3) is 0 Å². The third kappa shape index (κ3) is 4.82. The number of benzene rings is 2.